The highest BCUT2D eigenvalue weighted by Gasteiger charge is 2.11. The van der Waals surface area contributed by atoms with E-state index in [1.807, 2.05) is 32.0 Å². The topological polar surface area (TPSA) is 26.3 Å². The minimum Gasteiger partial charge on any atom is -0.490 e. The number of ether oxygens (including phenoxy) is 1. The summed E-state index contributed by atoms with van der Waals surface area (Å²) >= 11 is 0. The molecule has 0 saturated carbocycles. The molecule has 2 radical (unpaired) electrons. The second kappa shape index (κ2) is 5.51. The van der Waals surface area contributed by atoms with Crippen LogP contribution in [0.15, 0.2) is 36.5 Å². The van der Waals surface area contributed by atoms with Crippen molar-refractivity contribution in [2.24, 2.45) is 0 Å². The maximum absolute atomic E-state index is 11.7. The van der Waals surface area contributed by atoms with Gasteiger partial charge in [0.15, 0.2) is 9.52 Å². The van der Waals surface area contributed by atoms with E-state index in [1.54, 1.807) is 11.8 Å². The Morgan fingerprint density at radius 3 is 2.73 bits per heavy atom. The Morgan fingerprint density at radius 2 is 2.13 bits per heavy atom. The van der Waals surface area contributed by atoms with Gasteiger partial charge in [0, 0.05) is 0 Å². The lowest BCUT2D eigenvalue weighted by Gasteiger charge is -2.12. The fourth-order valence-electron chi connectivity index (χ4n) is 1.18. The third-order valence-corrected chi connectivity index (χ3v) is 2.46. The predicted octanol–water partition coefficient (Wildman–Crippen LogP) is 2.46. The molecule has 15 heavy (non-hydrogen) atoms. The number of rotatable bonds is 5. The van der Waals surface area contributed by atoms with Crippen LogP contribution < -0.4 is 4.74 Å². The van der Waals surface area contributed by atoms with Gasteiger partial charge >= 0.3 is 0 Å². The fraction of sp³-hybridized carbons (Fsp3) is 0.250. The van der Waals surface area contributed by atoms with Gasteiger partial charge in [-0.1, -0.05) is 17.8 Å². The SMILES string of the molecule is C=C[Si]C(=O)c1ccccc1OC(C)C. The molecule has 0 bridgehead atoms. The van der Waals surface area contributed by atoms with Gasteiger partial charge in [-0.25, -0.2) is 0 Å². The van der Waals surface area contributed by atoms with Crippen molar-refractivity contribution in [2.75, 3.05) is 0 Å². The lowest BCUT2D eigenvalue weighted by atomic mass is 10.2. The summed E-state index contributed by atoms with van der Waals surface area (Å²) in [5, 5.41) is 0.0706. The first-order chi connectivity index (χ1) is 7.15. The molecule has 3 heteroatoms. The number of benzene rings is 1. The van der Waals surface area contributed by atoms with Gasteiger partial charge in [0.25, 0.3) is 0 Å². The summed E-state index contributed by atoms with van der Waals surface area (Å²) < 4.78 is 5.56. The lowest BCUT2D eigenvalue weighted by Crippen LogP contribution is -2.12. The van der Waals surface area contributed by atoms with E-state index in [0.29, 0.717) is 11.3 Å². The van der Waals surface area contributed by atoms with Gasteiger partial charge in [-0.2, -0.15) is 0 Å². The van der Waals surface area contributed by atoms with Crippen LogP contribution in [-0.4, -0.2) is 21.0 Å². The molecule has 0 aliphatic rings. The quantitative estimate of drug-likeness (QED) is 0.710. The van der Waals surface area contributed by atoms with E-state index in [9.17, 15) is 4.79 Å². The lowest BCUT2D eigenvalue weighted by molar-refractivity contribution is 0.107. The second-order valence-electron chi connectivity index (χ2n) is 3.34. The fourth-order valence-corrected chi connectivity index (χ4v) is 1.73. The van der Waals surface area contributed by atoms with Crippen LogP contribution in [0.25, 0.3) is 0 Å². The zero-order chi connectivity index (χ0) is 11.3. The Morgan fingerprint density at radius 1 is 1.47 bits per heavy atom. The molecular weight excluding hydrogens is 204 g/mol. The van der Waals surface area contributed by atoms with Crippen LogP contribution in [0.3, 0.4) is 0 Å². The van der Waals surface area contributed by atoms with Gasteiger partial charge in [-0.15, -0.1) is 6.58 Å². The summed E-state index contributed by atoms with van der Waals surface area (Å²) in [4.78, 5) is 11.7. The highest BCUT2D eigenvalue weighted by atomic mass is 28.2. The van der Waals surface area contributed by atoms with Crippen LogP contribution in [0.2, 0.25) is 0 Å². The minimum absolute atomic E-state index is 0.0706. The Bertz CT molecular complexity index is 358. The summed E-state index contributed by atoms with van der Waals surface area (Å²) in [6.45, 7) is 7.45. The van der Waals surface area contributed by atoms with Crippen molar-refractivity contribution in [1.29, 1.82) is 0 Å². The van der Waals surface area contributed by atoms with Crippen molar-refractivity contribution in [3.63, 3.8) is 0 Å². The molecule has 0 spiro atoms. The second-order valence-corrected chi connectivity index (χ2v) is 4.49. The van der Waals surface area contributed by atoms with E-state index >= 15 is 0 Å². The molecule has 0 aliphatic carbocycles. The van der Waals surface area contributed by atoms with Gasteiger partial charge < -0.3 is 9.53 Å². The zero-order valence-electron chi connectivity index (χ0n) is 8.99. The van der Waals surface area contributed by atoms with Gasteiger partial charge in [-0.3, -0.25) is 0 Å². The molecule has 0 fully saturated rings. The number of hydrogen-bond donors (Lipinski definition) is 0. The molecule has 0 unspecified atom stereocenters. The molecule has 0 aromatic heterocycles. The third-order valence-electron chi connectivity index (χ3n) is 1.73. The van der Waals surface area contributed by atoms with E-state index in [1.165, 1.54) is 0 Å². The van der Waals surface area contributed by atoms with Gasteiger partial charge in [0.05, 0.1) is 11.7 Å². The predicted molar refractivity (Wildman–Crippen MR) is 62.5 cm³/mol. The van der Waals surface area contributed by atoms with E-state index < -0.39 is 0 Å². The Hall–Kier alpha value is -1.35. The van der Waals surface area contributed by atoms with Crippen molar-refractivity contribution < 1.29 is 9.53 Å². The van der Waals surface area contributed by atoms with Gasteiger partial charge in [0.1, 0.15) is 11.2 Å². The van der Waals surface area contributed by atoms with Crippen molar-refractivity contribution in [1.82, 2.24) is 0 Å². The van der Waals surface area contributed by atoms with Crippen LogP contribution in [-0.2, 0) is 0 Å². The molecule has 0 atom stereocenters. The summed E-state index contributed by atoms with van der Waals surface area (Å²) in [6.07, 6.45) is 0.0750. The maximum Gasteiger partial charge on any atom is 0.170 e. The summed E-state index contributed by atoms with van der Waals surface area (Å²) in [5.74, 6) is 0.659. The van der Waals surface area contributed by atoms with E-state index in [2.05, 4.69) is 6.58 Å². The minimum atomic E-state index is 0.0706. The highest BCUT2D eigenvalue weighted by Crippen LogP contribution is 2.19. The third kappa shape index (κ3) is 3.36. The number of carbonyl (C=O) groups excluding carboxylic acids is 1. The van der Waals surface area contributed by atoms with Gasteiger partial charge in [0.2, 0.25) is 0 Å². The largest absolute Gasteiger partial charge is 0.490 e. The number of hydrogen-bond acceptors (Lipinski definition) is 2. The highest BCUT2D eigenvalue weighted by molar-refractivity contribution is 6.81. The van der Waals surface area contributed by atoms with E-state index in [-0.39, 0.29) is 21.0 Å². The normalized spacial score (nSPS) is 10.1. The molecule has 1 rings (SSSR count). The first-order valence-corrected chi connectivity index (χ1v) is 5.90. The first kappa shape index (κ1) is 11.7. The van der Waals surface area contributed by atoms with E-state index in [4.69, 9.17) is 4.74 Å². The van der Waals surface area contributed by atoms with E-state index in [0.717, 1.165) is 0 Å². The van der Waals surface area contributed by atoms with Gasteiger partial charge in [-0.05, 0) is 26.0 Å². The van der Waals surface area contributed by atoms with Crippen molar-refractivity contribution in [2.45, 2.75) is 20.0 Å². The number of carbonyl (C=O) groups is 1. The molecule has 1 aromatic rings. The van der Waals surface area contributed by atoms with Crippen LogP contribution in [0.1, 0.15) is 24.2 Å². The monoisotopic (exact) mass is 218 g/mol. The molecular formula is C12H14O2Si. The van der Waals surface area contributed by atoms with Crippen molar-refractivity contribution >= 4 is 14.9 Å². The van der Waals surface area contributed by atoms with Crippen LogP contribution in [0.5, 0.6) is 5.75 Å². The number of para-hydroxylation sites is 1. The molecule has 2 nitrogen and oxygen atoms in total. The summed E-state index contributed by atoms with van der Waals surface area (Å²) in [7, 11) is 0.104. The maximum atomic E-state index is 11.7. The van der Waals surface area contributed by atoms with Crippen molar-refractivity contribution in [3.05, 3.63) is 42.1 Å². The smallest absolute Gasteiger partial charge is 0.170 e. The molecule has 0 amide bonds. The Labute approximate surface area is 92.8 Å². The average molecular weight is 218 g/mol. The molecule has 0 saturated heterocycles. The van der Waals surface area contributed by atoms with Crippen molar-refractivity contribution in [3.8, 4) is 5.75 Å². The van der Waals surface area contributed by atoms with Crippen LogP contribution >= 0.6 is 0 Å². The summed E-state index contributed by atoms with van der Waals surface area (Å²) in [6, 6.07) is 7.32. The Balaban J connectivity index is 2.95. The molecule has 1 aromatic carbocycles. The molecule has 0 aliphatic heterocycles. The van der Waals surface area contributed by atoms with Crippen LogP contribution in [0, 0.1) is 0 Å². The average Bonchev–Trinajstić information content (AvgIpc) is 2.18. The van der Waals surface area contributed by atoms with Crippen LogP contribution in [0.4, 0.5) is 0 Å². The zero-order valence-corrected chi connectivity index (χ0v) is 9.99. The first-order valence-electron chi connectivity index (χ1n) is 4.82. The molecule has 0 heterocycles. The summed E-state index contributed by atoms with van der Waals surface area (Å²) in [5.41, 5.74) is 2.28. The molecule has 0 N–H and O–H groups in total. The Kier molecular flexibility index (Phi) is 4.30. The standard InChI is InChI=1S/C12H14O2Si/c1-4-15-12(13)10-7-5-6-8-11(10)14-9(2)3/h4-9H,1H2,2-3H3. The molecule has 78 valence electrons.